The Kier molecular flexibility index (Phi) is 3.89. The fourth-order valence-electron chi connectivity index (χ4n) is 4.25. The van der Waals surface area contributed by atoms with Crippen LogP contribution < -0.4 is 0 Å². The van der Waals surface area contributed by atoms with E-state index in [-0.39, 0.29) is 18.0 Å². The van der Waals surface area contributed by atoms with Gasteiger partial charge in [0.15, 0.2) is 0 Å². The molecule has 0 saturated carbocycles. The second-order valence-corrected chi connectivity index (χ2v) is 6.43. The van der Waals surface area contributed by atoms with Gasteiger partial charge in [-0.15, -0.1) is 0 Å². The molecule has 3 atom stereocenters. The molecule has 0 radical (unpaired) electrons. The van der Waals surface area contributed by atoms with Crippen LogP contribution in [0.5, 0.6) is 0 Å². The summed E-state index contributed by atoms with van der Waals surface area (Å²) in [5.41, 5.74) is 0.315. The monoisotopic (exact) mass is 302 g/mol. The highest BCUT2D eigenvalue weighted by Gasteiger charge is 2.60. The first-order valence-electron chi connectivity index (χ1n) is 8.02. The highest BCUT2D eigenvalue weighted by atomic mass is 16.4. The number of fused-ring (bicyclic) bond motifs is 2. The van der Waals surface area contributed by atoms with E-state index in [9.17, 15) is 14.7 Å². The number of nitrogens with zero attached hydrogens (tertiary/aromatic N) is 2. The molecular weight excluding hydrogens is 280 g/mol. The van der Waals surface area contributed by atoms with Gasteiger partial charge in [0.1, 0.15) is 0 Å². The van der Waals surface area contributed by atoms with Crippen LogP contribution in [-0.4, -0.2) is 39.0 Å². The highest BCUT2D eigenvalue weighted by molar-refractivity contribution is 5.82. The molecule has 3 heterocycles. The van der Waals surface area contributed by atoms with E-state index in [2.05, 4.69) is 4.98 Å². The molecule has 3 rings (SSSR count). The van der Waals surface area contributed by atoms with Crippen LogP contribution >= 0.6 is 0 Å². The van der Waals surface area contributed by atoms with E-state index in [1.165, 1.54) is 0 Å². The third-order valence-corrected chi connectivity index (χ3v) is 5.44. The quantitative estimate of drug-likeness (QED) is 0.905. The number of aliphatic carboxylic acids is 1. The van der Waals surface area contributed by atoms with E-state index in [1.807, 2.05) is 24.0 Å². The Balaban J connectivity index is 1.70. The summed E-state index contributed by atoms with van der Waals surface area (Å²) >= 11 is 0. The van der Waals surface area contributed by atoms with Gasteiger partial charge in [-0.3, -0.25) is 14.6 Å². The van der Waals surface area contributed by atoms with Crippen LogP contribution in [0.15, 0.2) is 24.5 Å². The molecule has 1 amide bonds. The number of pyridine rings is 1. The molecule has 1 aromatic heterocycles. The molecular formula is C17H22N2O3. The smallest absolute Gasteiger partial charge is 0.311 e. The van der Waals surface area contributed by atoms with Crippen molar-refractivity contribution in [3.05, 3.63) is 30.1 Å². The minimum atomic E-state index is -0.743. The van der Waals surface area contributed by atoms with Crippen LogP contribution in [0.2, 0.25) is 0 Å². The minimum absolute atomic E-state index is 0.0907. The van der Waals surface area contributed by atoms with Crippen molar-refractivity contribution in [1.82, 2.24) is 9.88 Å². The number of hydrogen-bond acceptors (Lipinski definition) is 3. The summed E-state index contributed by atoms with van der Waals surface area (Å²) < 4.78 is 0. The van der Waals surface area contributed by atoms with Crippen molar-refractivity contribution in [2.45, 2.75) is 57.5 Å². The summed E-state index contributed by atoms with van der Waals surface area (Å²) in [7, 11) is 0. The van der Waals surface area contributed by atoms with E-state index >= 15 is 0 Å². The maximum absolute atomic E-state index is 12.6. The normalized spacial score (nSPS) is 29.8. The van der Waals surface area contributed by atoms with Gasteiger partial charge in [-0.05, 0) is 43.7 Å². The lowest BCUT2D eigenvalue weighted by molar-refractivity contribution is -0.151. The summed E-state index contributed by atoms with van der Waals surface area (Å²) in [6, 6.07) is 3.82. The number of amides is 1. The Hall–Kier alpha value is -1.91. The topological polar surface area (TPSA) is 70.5 Å². The molecule has 5 heteroatoms. The second-order valence-electron chi connectivity index (χ2n) is 6.43. The minimum Gasteiger partial charge on any atom is -0.481 e. The summed E-state index contributed by atoms with van der Waals surface area (Å²) in [5.74, 6) is -0.653. The third-order valence-electron chi connectivity index (χ3n) is 5.44. The predicted octanol–water partition coefficient (Wildman–Crippen LogP) is 2.26. The molecule has 2 aliphatic heterocycles. The fourth-order valence-corrected chi connectivity index (χ4v) is 4.25. The van der Waals surface area contributed by atoms with E-state index in [1.54, 1.807) is 12.4 Å². The number of hydrogen-bond donors (Lipinski definition) is 1. The Morgan fingerprint density at radius 3 is 2.86 bits per heavy atom. The predicted molar refractivity (Wildman–Crippen MR) is 81.2 cm³/mol. The molecule has 1 aromatic rings. The SMILES string of the molecule is CC[C@@]1(C(=O)O)C[C@@H]2CC[C@H]1N2C(=O)CCc1cccnc1. The molecule has 2 aliphatic rings. The summed E-state index contributed by atoms with van der Waals surface area (Å²) in [5, 5.41) is 9.65. The van der Waals surface area contributed by atoms with E-state index < -0.39 is 11.4 Å². The van der Waals surface area contributed by atoms with Crippen molar-refractivity contribution in [1.29, 1.82) is 0 Å². The van der Waals surface area contributed by atoms with Crippen LogP contribution in [-0.2, 0) is 16.0 Å². The van der Waals surface area contributed by atoms with Crippen LogP contribution in [0, 0.1) is 5.41 Å². The van der Waals surface area contributed by atoms with Crippen molar-refractivity contribution in [2.24, 2.45) is 5.41 Å². The van der Waals surface area contributed by atoms with Crippen LogP contribution in [0.4, 0.5) is 0 Å². The van der Waals surface area contributed by atoms with Crippen molar-refractivity contribution >= 4 is 11.9 Å². The average molecular weight is 302 g/mol. The van der Waals surface area contributed by atoms with E-state index in [4.69, 9.17) is 0 Å². The summed E-state index contributed by atoms with van der Waals surface area (Å²) in [6.45, 7) is 1.92. The van der Waals surface area contributed by atoms with Gasteiger partial charge in [-0.1, -0.05) is 13.0 Å². The fraction of sp³-hybridized carbons (Fsp3) is 0.588. The third kappa shape index (κ3) is 2.28. The molecule has 118 valence electrons. The Morgan fingerprint density at radius 2 is 2.27 bits per heavy atom. The molecule has 2 bridgehead atoms. The number of carbonyl (C=O) groups is 2. The first-order chi connectivity index (χ1) is 10.6. The van der Waals surface area contributed by atoms with E-state index in [0.717, 1.165) is 18.4 Å². The molecule has 0 unspecified atom stereocenters. The lowest BCUT2D eigenvalue weighted by Gasteiger charge is -2.32. The van der Waals surface area contributed by atoms with Gasteiger partial charge >= 0.3 is 5.97 Å². The van der Waals surface area contributed by atoms with Gasteiger partial charge in [-0.25, -0.2) is 0 Å². The lowest BCUT2D eigenvalue weighted by Crippen LogP contribution is -2.44. The van der Waals surface area contributed by atoms with Crippen molar-refractivity contribution in [2.75, 3.05) is 0 Å². The van der Waals surface area contributed by atoms with Gasteiger partial charge in [0, 0.05) is 30.9 Å². The van der Waals surface area contributed by atoms with Gasteiger partial charge in [0.05, 0.1) is 5.41 Å². The highest BCUT2D eigenvalue weighted by Crippen LogP contribution is 2.52. The number of carboxylic acids is 1. The lowest BCUT2D eigenvalue weighted by atomic mass is 9.72. The number of carboxylic acid groups (broad SMARTS) is 1. The molecule has 1 N–H and O–H groups in total. The van der Waals surface area contributed by atoms with Gasteiger partial charge in [0.25, 0.3) is 0 Å². The second kappa shape index (κ2) is 5.71. The van der Waals surface area contributed by atoms with Gasteiger partial charge in [0.2, 0.25) is 5.91 Å². The zero-order valence-corrected chi connectivity index (χ0v) is 12.9. The maximum atomic E-state index is 12.6. The maximum Gasteiger partial charge on any atom is 0.311 e. The molecule has 2 saturated heterocycles. The van der Waals surface area contributed by atoms with Crippen LogP contribution in [0.1, 0.15) is 44.6 Å². The zero-order valence-electron chi connectivity index (χ0n) is 12.9. The molecule has 0 aromatic carbocycles. The van der Waals surface area contributed by atoms with Gasteiger partial charge < -0.3 is 10.0 Å². The zero-order chi connectivity index (χ0) is 15.7. The molecule has 0 aliphatic carbocycles. The Bertz CT molecular complexity index is 575. The number of aromatic nitrogens is 1. The Labute approximate surface area is 130 Å². The van der Waals surface area contributed by atoms with Gasteiger partial charge in [-0.2, -0.15) is 0 Å². The van der Waals surface area contributed by atoms with Crippen LogP contribution in [0.3, 0.4) is 0 Å². The van der Waals surface area contributed by atoms with Crippen molar-refractivity contribution < 1.29 is 14.7 Å². The Morgan fingerprint density at radius 1 is 1.45 bits per heavy atom. The average Bonchev–Trinajstić information content (AvgIpc) is 3.09. The first kappa shape index (κ1) is 15.0. The summed E-state index contributed by atoms with van der Waals surface area (Å²) in [6.07, 6.45) is 7.56. The number of carbonyl (C=O) groups excluding carboxylic acids is 1. The van der Waals surface area contributed by atoms with E-state index in [0.29, 0.717) is 25.7 Å². The molecule has 2 fully saturated rings. The molecule has 22 heavy (non-hydrogen) atoms. The van der Waals surface area contributed by atoms with Crippen molar-refractivity contribution in [3.8, 4) is 0 Å². The first-order valence-corrected chi connectivity index (χ1v) is 8.02. The van der Waals surface area contributed by atoms with Crippen molar-refractivity contribution in [3.63, 3.8) is 0 Å². The van der Waals surface area contributed by atoms with Crippen LogP contribution in [0.25, 0.3) is 0 Å². The number of aryl methyl sites for hydroxylation is 1. The number of rotatable bonds is 5. The standard InChI is InChI=1S/C17H22N2O3/c1-2-17(16(21)22)10-13-6-7-14(17)19(13)15(20)8-5-12-4-3-9-18-11-12/h3-4,9,11,13-14H,2,5-8,10H2,1H3,(H,21,22)/t13-,14+,17+/m0/s1. The largest absolute Gasteiger partial charge is 0.481 e. The molecule has 5 nitrogen and oxygen atoms in total. The molecule has 0 spiro atoms. The summed E-state index contributed by atoms with van der Waals surface area (Å²) in [4.78, 5) is 30.3.